The highest BCUT2D eigenvalue weighted by Gasteiger charge is 2.21. The van der Waals surface area contributed by atoms with Crippen LogP contribution < -0.4 is 19.1 Å². The van der Waals surface area contributed by atoms with Crippen molar-refractivity contribution in [2.45, 2.75) is 19.3 Å². The second kappa shape index (κ2) is 8.66. The molecule has 1 atom stereocenters. The summed E-state index contributed by atoms with van der Waals surface area (Å²) in [7, 11) is 3.25. The van der Waals surface area contributed by atoms with Crippen LogP contribution in [0.15, 0.2) is 24.4 Å². The monoisotopic (exact) mass is 378 g/mol. The Balaban J connectivity index is 1.74. The van der Waals surface area contributed by atoms with E-state index in [0.717, 1.165) is 48.9 Å². The van der Waals surface area contributed by atoms with Crippen LogP contribution in [0, 0.1) is 5.92 Å². The molecule has 2 aromatic rings. The minimum atomic E-state index is -2.17. The number of nitrogens with one attached hydrogen (secondary N) is 1. The van der Waals surface area contributed by atoms with Gasteiger partial charge in [-0.05, 0) is 37.3 Å². The van der Waals surface area contributed by atoms with Crippen LogP contribution >= 0.6 is 0 Å². The molecule has 0 bridgehead atoms. The fraction of sp³-hybridized carbons (Fsp3) is 0.500. The van der Waals surface area contributed by atoms with E-state index in [2.05, 4.69) is 14.6 Å². The predicted molar refractivity (Wildman–Crippen MR) is 101 cm³/mol. The fourth-order valence-corrected chi connectivity index (χ4v) is 3.83. The molecule has 1 unspecified atom stereocenters. The summed E-state index contributed by atoms with van der Waals surface area (Å²) in [6.45, 7) is 2.40. The molecule has 1 fully saturated rings. The van der Waals surface area contributed by atoms with Crippen molar-refractivity contribution >= 4 is 27.9 Å². The Bertz CT molecular complexity index is 778. The normalized spacial score (nSPS) is 16.7. The highest BCUT2D eigenvalue weighted by molar-refractivity contribution is 7.77. The maximum atomic E-state index is 10.6. The Morgan fingerprint density at radius 1 is 1.27 bits per heavy atom. The van der Waals surface area contributed by atoms with Crippen LogP contribution in [0.5, 0.6) is 11.5 Å². The van der Waals surface area contributed by atoms with Gasteiger partial charge in [-0.3, -0.25) is 9.19 Å². The summed E-state index contributed by atoms with van der Waals surface area (Å²) in [4.78, 5) is 6.83. The lowest BCUT2D eigenvalue weighted by molar-refractivity contribution is 0.355. The average Bonchev–Trinajstić information content (AvgIpc) is 2.66. The van der Waals surface area contributed by atoms with E-state index in [-0.39, 0.29) is 0 Å². The second-order valence-corrected chi connectivity index (χ2v) is 7.16. The molecule has 26 heavy (non-hydrogen) atoms. The quantitative estimate of drug-likeness (QED) is 0.744. The molecular formula is C18H24N3O4S-. The summed E-state index contributed by atoms with van der Waals surface area (Å²) in [5.74, 6) is 1.91. The Kier molecular flexibility index (Phi) is 6.29. The van der Waals surface area contributed by atoms with E-state index in [1.54, 1.807) is 14.2 Å². The lowest BCUT2D eigenvalue weighted by Gasteiger charge is -2.34. The minimum Gasteiger partial charge on any atom is -0.760 e. The standard InChI is InChI=1S/C18H25N3O4S/c1-24-17-11-14-15(12-18(17)25-2)19-7-4-16(14)21-9-5-13(6-10-21)3-8-20-26(22)23/h4,7,11-13,20H,3,5-6,8-10H2,1-2H3,(H,22,23)/p-1. The number of methoxy groups -OCH3 is 2. The van der Waals surface area contributed by atoms with Gasteiger partial charge in [-0.15, -0.1) is 0 Å². The first-order valence-corrected chi connectivity index (χ1v) is 9.78. The molecule has 1 aromatic heterocycles. The minimum absolute atomic E-state index is 0.510. The molecule has 1 saturated heterocycles. The van der Waals surface area contributed by atoms with Crippen LogP contribution in [0.1, 0.15) is 19.3 Å². The van der Waals surface area contributed by atoms with Gasteiger partial charge in [-0.1, -0.05) is 0 Å². The van der Waals surface area contributed by atoms with Crippen molar-refractivity contribution in [2.24, 2.45) is 5.92 Å². The summed E-state index contributed by atoms with van der Waals surface area (Å²) in [5, 5.41) is 1.05. The third kappa shape index (κ3) is 4.25. The number of rotatable bonds is 7. The van der Waals surface area contributed by atoms with E-state index in [0.29, 0.717) is 24.0 Å². The maximum absolute atomic E-state index is 10.6. The van der Waals surface area contributed by atoms with Gasteiger partial charge in [0.1, 0.15) is 0 Å². The number of benzene rings is 1. The first-order valence-electron chi connectivity index (χ1n) is 8.71. The number of anilines is 1. The van der Waals surface area contributed by atoms with Crippen LogP contribution in [0.3, 0.4) is 0 Å². The van der Waals surface area contributed by atoms with Gasteiger partial charge in [-0.2, -0.15) is 0 Å². The van der Waals surface area contributed by atoms with Gasteiger partial charge in [0.05, 0.1) is 19.7 Å². The second-order valence-electron chi connectivity index (χ2n) is 6.40. The van der Waals surface area contributed by atoms with E-state index in [1.807, 2.05) is 24.4 Å². The zero-order chi connectivity index (χ0) is 18.5. The van der Waals surface area contributed by atoms with E-state index >= 15 is 0 Å². The first kappa shape index (κ1) is 18.9. The third-order valence-electron chi connectivity index (χ3n) is 4.95. The molecule has 1 aromatic carbocycles. The van der Waals surface area contributed by atoms with Crippen molar-refractivity contribution in [3.05, 3.63) is 24.4 Å². The number of nitrogens with zero attached hydrogens (tertiary/aromatic N) is 2. The molecule has 0 aliphatic carbocycles. The van der Waals surface area contributed by atoms with Gasteiger partial charge in [-0.25, -0.2) is 4.72 Å². The Morgan fingerprint density at radius 2 is 1.96 bits per heavy atom. The van der Waals surface area contributed by atoms with Gasteiger partial charge >= 0.3 is 0 Å². The van der Waals surface area contributed by atoms with Crippen molar-refractivity contribution in [1.82, 2.24) is 9.71 Å². The lowest BCUT2D eigenvalue weighted by atomic mass is 9.93. The van der Waals surface area contributed by atoms with Crippen LogP contribution in [0.4, 0.5) is 5.69 Å². The van der Waals surface area contributed by atoms with Crippen LogP contribution in [-0.2, 0) is 11.3 Å². The molecule has 142 valence electrons. The Hall–Kier alpha value is -1.90. The van der Waals surface area contributed by atoms with Crippen molar-refractivity contribution < 1.29 is 18.2 Å². The van der Waals surface area contributed by atoms with Gasteiger partial charge < -0.3 is 18.9 Å². The number of hydrogen-bond donors (Lipinski definition) is 1. The number of pyridine rings is 1. The van der Waals surface area contributed by atoms with Crippen LogP contribution in [0.25, 0.3) is 10.9 Å². The molecule has 1 aliphatic heterocycles. The van der Waals surface area contributed by atoms with Gasteiger partial charge in [0.2, 0.25) is 0 Å². The Morgan fingerprint density at radius 3 is 2.62 bits per heavy atom. The average molecular weight is 378 g/mol. The molecule has 7 nitrogen and oxygen atoms in total. The molecule has 0 spiro atoms. The summed E-state index contributed by atoms with van der Waals surface area (Å²) >= 11 is -2.17. The fourth-order valence-electron chi connectivity index (χ4n) is 3.54. The van der Waals surface area contributed by atoms with Crippen molar-refractivity contribution in [1.29, 1.82) is 0 Å². The lowest BCUT2D eigenvalue weighted by Crippen LogP contribution is -2.35. The van der Waals surface area contributed by atoms with Crippen LogP contribution in [0.2, 0.25) is 0 Å². The van der Waals surface area contributed by atoms with E-state index in [9.17, 15) is 8.76 Å². The largest absolute Gasteiger partial charge is 0.760 e. The smallest absolute Gasteiger partial charge is 0.162 e. The van der Waals surface area contributed by atoms with Crippen LogP contribution in [-0.4, -0.2) is 47.6 Å². The molecule has 2 heterocycles. The third-order valence-corrected chi connectivity index (χ3v) is 5.39. The SMILES string of the molecule is COc1cc2nccc(N3CCC(CCNS(=O)[O-])CC3)c2cc1OC. The molecule has 0 saturated carbocycles. The molecule has 3 rings (SSSR count). The Labute approximate surface area is 156 Å². The predicted octanol–water partition coefficient (Wildman–Crippen LogP) is 2.24. The molecule has 0 radical (unpaired) electrons. The zero-order valence-electron chi connectivity index (χ0n) is 15.1. The van der Waals surface area contributed by atoms with E-state index in [4.69, 9.17) is 9.47 Å². The number of ether oxygens (including phenoxy) is 2. The maximum Gasteiger partial charge on any atom is 0.162 e. The highest BCUT2D eigenvalue weighted by Crippen LogP contribution is 2.36. The number of piperidine rings is 1. The number of hydrogen-bond acceptors (Lipinski definition) is 6. The van der Waals surface area contributed by atoms with Gasteiger partial charge in [0.15, 0.2) is 11.5 Å². The van der Waals surface area contributed by atoms with E-state index < -0.39 is 11.3 Å². The number of fused-ring (bicyclic) bond motifs is 1. The van der Waals surface area contributed by atoms with Gasteiger partial charge in [0, 0.05) is 54.2 Å². The molecular weight excluding hydrogens is 354 g/mol. The molecule has 1 aliphatic rings. The molecule has 8 heteroatoms. The topological polar surface area (TPSA) is 86.8 Å². The molecule has 1 N–H and O–H groups in total. The first-order chi connectivity index (χ1) is 12.6. The van der Waals surface area contributed by atoms with Gasteiger partial charge in [0.25, 0.3) is 0 Å². The van der Waals surface area contributed by atoms with Crippen molar-refractivity contribution in [3.8, 4) is 11.5 Å². The summed E-state index contributed by atoms with van der Waals surface area (Å²) in [6, 6.07) is 5.92. The van der Waals surface area contributed by atoms with E-state index in [1.165, 1.54) is 0 Å². The molecule has 0 amide bonds. The zero-order valence-corrected chi connectivity index (χ0v) is 15.9. The number of aromatic nitrogens is 1. The summed E-state index contributed by atoms with van der Waals surface area (Å²) < 4.78 is 34.4. The summed E-state index contributed by atoms with van der Waals surface area (Å²) in [5.41, 5.74) is 2.03. The highest BCUT2D eigenvalue weighted by atomic mass is 32.2. The summed E-state index contributed by atoms with van der Waals surface area (Å²) in [6.07, 6.45) is 4.79. The van der Waals surface area contributed by atoms with Crippen molar-refractivity contribution in [2.75, 3.05) is 38.8 Å². The van der Waals surface area contributed by atoms with Crippen molar-refractivity contribution in [3.63, 3.8) is 0 Å².